The first kappa shape index (κ1) is 19.5. The molecule has 0 radical (unpaired) electrons. The second kappa shape index (κ2) is 6.52. The quantitative estimate of drug-likeness (QED) is 0.688. The summed E-state index contributed by atoms with van der Waals surface area (Å²) in [5, 5.41) is 3.22. The maximum absolute atomic E-state index is 14.0. The summed E-state index contributed by atoms with van der Waals surface area (Å²) < 4.78 is 21.2. The Balaban J connectivity index is 1.50. The second-order valence-electron chi connectivity index (χ2n) is 9.78. The van der Waals surface area contributed by atoms with E-state index in [1.54, 1.807) is 4.52 Å². The highest BCUT2D eigenvalue weighted by Crippen LogP contribution is 2.41. The Labute approximate surface area is 174 Å². The minimum absolute atomic E-state index is 0.0685. The van der Waals surface area contributed by atoms with Gasteiger partial charge in [0, 0.05) is 41.2 Å². The smallest absolute Gasteiger partial charge is 0.251 e. The van der Waals surface area contributed by atoms with Gasteiger partial charge in [0.1, 0.15) is 11.3 Å². The number of likely N-dealkylation sites (tertiary alicyclic amines) is 1. The molecule has 0 bridgehead atoms. The summed E-state index contributed by atoms with van der Waals surface area (Å²) in [5.41, 5.74) is 8.62. The van der Waals surface area contributed by atoms with E-state index < -0.39 is 11.7 Å². The highest BCUT2D eigenvalue weighted by molar-refractivity contribution is 6.05. The van der Waals surface area contributed by atoms with Gasteiger partial charge in [0.25, 0.3) is 5.91 Å². The number of ether oxygens (including phenoxy) is 1. The van der Waals surface area contributed by atoms with Crippen molar-refractivity contribution in [1.29, 1.82) is 0 Å². The van der Waals surface area contributed by atoms with Crippen molar-refractivity contribution in [3.8, 4) is 0 Å². The number of benzene rings is 1. The number of imidazole rings is 1. The minimum Gasteiger partial charge on any atom is -0.380 e. The van der Waals surface area contributed by atoms with Crippen LogP contribution in [-0.4, -0.2) is 57.8 Å². The SMILES string of the molecule is CC1CC(C)(c2c[nH]n3c2nc2cc(F)cc(C(N)=O)c23)CCN1CC1(C)COC1. The molecule has 3 aromatic rings. The molecular weight excluding hydrogens is 385 g/mol. The highest BCUT2D eigenvalue weighted by Gasteiger charge is 2.42. The van der Waals surface area contributed by atoms with Crippen LogP contribution in [0.15, 0.2) is 18.3 Å². The number of H-pyrrole nitrogens is 1. The van der Waals surface area contributed by atoms with Crippen molar-refractivity contribution in [3.63, 3.8) is 0 Å². The average Bonchev–Trinajstić information content (AvgIpc) is 3.21. The predicted molar refractivity (Wildman–Crippen MR) is 112 cm³/mol. The lowest BCUT2D eigenvalue weighted by atomic mass is 9.72. The molecular formula is C22H28FN5O2. The van der Waals surface area contributed by atoms with Crippen molar-refractivity contribution < 1.29 is 13.9 Å². The molecule has 0 saturated carbocycles. The first-order valence-corrected chi connectivity index (χ1v) is 10.5. The summed E-state index contributed by atoms with van der Waals surface area (Å²) in [6.07, 6.45) is 3.97. The number of carbonyl (C=O) groups is 1. The molecule has 3 N–H and O–H groups in total. The van der Waals surface area contributed by atoms with Crippen LogP contribution < -0.4 is 5.73 Å². The summed E-state index contributed by atoms with van der Waals surface area (Å²) >= 11 is 0. The van der Waals surface area contributed by atoms with E-state index in [2.05, 4.69) is 35.8 Å². The van der Waals surface area contributed by atoms with Crippen molar-refractivity contribution in [2.45, 2.75) is 45.1 Å². The molecule has 5 rings (SSSR count). The maximum Gasteiger partial charge on any atom is 0.251 e. The number of nitrogens with one attached hydrogen (secondary N) is 1. The van der Waals surface area contributed by atoms with Gasteiger partial charge in [-0.2, -0.15) is 0 Å². The van der Waals surface area contributed by atoms with Gasteiger partial charge in [-0.15, -0.1) is 0 Å². The third kappa shape index (κ3) is 2.93. The summed E-state index contributed by atoms with van der Waals surface area (Å²) in [6.45, 7) is 10.6. The van der Waals surface area contributed by atoms with Gasteiger partial charge in [0.05, 0.1) is 24.3 Å². The molecule has 2 saturated heterocycles. The van der Waals surface area contributed by atoms with Crippen molar-refractivity contribution in [2.24, 2.45) is 11.1 Å². The van der Waals surface area contributed by atoms with E-state index in [1.807, 2.05) is 6.20 Å². The Morgan fingerprint density at radius 2 is 2.17 bits per heavy atom. The standard InChI is InChI=1S/C22H28FN5O2/c1-13-8-22(3,4-5-27(13)10-21(2)11-30-12-21)16-9-25-28-18-15(19(24)29)6-14(23)7-17(18)26-20(16)28/h6-7,9,13,25H,4-5,8,10-12H2,1-3H3,(H2,24,29). The largest absolute Gasteiger partial charge is 0.380 e. The van der Waals surface area contributed by atoms with Gasteiger partial charge in [-0.25, -0.2) is 13.9 Å². The number of fused-ring (bicyclic) bond motifs is 3. The number of rotatable bonds is 4. The molecule has 2 aliphatic rings. The molecule has 2 aliphatic heterocycles. The predicted octanol–water partition coefficient (Wildman–Crippen LogP) is 2.83. The van der Waals surface area contributed by atoms with Crippen LogP contribution in [0.1, 0.15) is 49.5 Å². The molecule has 30 heavy (non-hydrogen) atoms. The van der Waals surface area contributed by atoms with Gasteiger partial charge >= 0.3 is 0 Å². The Morgan fingerprint density at radius 3 is 2.80 bits per heavy atom. The van der Waals surface area contributed by atoms with Gasteiger partial charge in [0.15, 0.2) is 5.65 Å². The topological polar surface area (TPSA) is 88.7 Å². The van der Waals surface area contributed by atoms with Crippen LogP contribution in [0.4, 0.5) is 4.39 Å². The van der Waals surface area contributed by atoms with E-state index in [9.17, 15) is 9.18 Å². The number of hydrogen-bond donors (Lipinski definition) is 2. The number of amides is 1. The lowest BCUT2D eigenvalue weighted by molar-refractivity contribution is -0.122. The number of primary amides is 1. The van der Waals surface area contributed by atoms with Crippen molar-refractivity contribution in [1.82, 2.24) is 19.5 Å². The molecule has 7 nitrogen and oxygen atoms in total. The van der Waals surface area contributed by atoms with Crippen LogP contribution in [0.25, 0.3) is 16.7 Å². The number of piperidine rings is 1. The number of nitrogens with zero attached hydrogens (tertiary/aromatic N) is 3. The van der Waals surface area contributed by atoms with Crippen LogP contribution in [0.5, 0.6) is 0 Å². The zero-order chi connectivity index (χ0) is 21.3. The first-order valence-electron chi connectivity index (χ1n) is 10.5. The molecule has 0 aliphatic carbocycles. The van der Waals surface area contributed by atoms with E-state index >= 15 is 0 Å². The number of aromatic amines is 1. The van der Waals surface area contributed by atoms with Gasteiger partial charge in [-0.1, -0.05) is 13.8 Å². The maximum atomic E-state index is 14.0. The third-order valence-electron chi connectivity index (χ3n) is 7.02. The minimum atomic E-state index is -0.668. The highest BCUT2D eigenvalue weighted by atomic mass is 19.1. The molecule has 4 heterocycles. The second-order valence-corrected chi connectivity index (χ2v) is 9.78. The Morgan fingerprint density at radius 1 is 1.40 bits per heavy atom. The average molecular weight is 413 g/mol. The van der Waals surface area contributed by atoms with E-state index in [4.69, 9.17) is 10.5 Å². The monoisotopic (exact) mass is 413 g/mol. The Kier molecular flexibility index (Phi) is 4.24. The lowest BCUT2D eigenvalue weighted by Crippen LogP contribution is -2.54. The summed E-state index contributed by atoms with van der Waals surface area (Å²) in [5.74, 6) is -1.18. The molecule has 1 amide bonds. The van der Waals surface area contributed by atoms with Gasteiger partial charge in [-0.3, -0.25) is 14.8 Å². The molecule has 160 valence electrons. The molecule has 2 atom stereocenters. The third-order valence-corrected chi connectivity index (χ3v) is 7.02. The van der Waals surface area contributed by atoms with Crippen LogP contribution in [-0.2, 0) is 10.2 Å². The van der Waals surface area contributed by atoms with Gasteiger partial charge in [-0.05, 0) is 32.4 Å². The number of nitrogens with two attached hydrogens (primary N) is 1. The Hall–Kier alpha value is -2.45. The number of hydrogen-bond acceptors (Lipinski definition) is 4. The fourth-order valence-corrected chi connectivity index (χ4v) is 5.31. The molecule has 8 heteroatoms. The van der Waals surface area contributed by atoms with Crippen LogP contribution >= 0.6 is 0 Å². The Bertz CT molecular complexity index is 1150. The zero-order valence-corrected chi connectivity index (χ0v) is 17.7. The van der Waals surface area contributed by atoms with Crippen molar-refractivity contribution in [2.75, 3.05) is 26.3 Å². The molecule has 2 aromatic heterocycles. The number of carbonyl (C=O) groups excluding carboxylic acids is 1. The van der Waals surface area contributed by atoms with E-state index in [1.165, 1.54) is 12.1 Å². The van der Waals surface area contributed by atoms with E-state index in [0.717, 1.165) is 50.4 Å². The molecule has 2 unspecified atom stereocenters. The first-order chi connectivity index (χ1) is 14.2. The van der Waals surface area contributed by atoms with Crippen LogP contribution in [0.2, 0.25) is 0 Å². The molecule has 2 fully saturated rings. The van der Waals surface area contributed by atoms with Crippen LogP contribution in [0.3, 0.4) is 0 Å². The fourth-order valence-electron chi connectivity index (χ4n) is 5.31. The lowest BCUT2D eigenvalue weighted by Gasteiger charge is -2.48. The van der Waals surface area contributed by atoms with E-state index in [0.29, 0.717) is 17.1 Å². The fraction of sp³-hybridized carbons (Fsp3) is 0.545. The van der Waals surface area contributed by atoms with Gasteiger partial charge in [0.2, 0.25) is 0 Å². The molecule has 0 spiro atoms. The van der Waals surface area contributed by atoms with Crippen molar-refractivity contribution >= 4 is 22.6 Å². The zero-order valence-electron chi connectivity index (χ0n) is 17.7. The van der Waals surface area contributed by atoms with Crippen molar-refractivity contribution in [3.05, 3.63) is 35.3 Å². The van der Waals surface area contributed by atoms with Crippen LogP contribution in [0, 0.1) is 11.2 Å². The summed E-state index contributed by atoms with van der Waals surface area (Å²) in [4.78, 5) is 19.1. The normalized spacial score (nSPS) is 26.9. The number of aromatic nitrogens is 3. The number of halogens is 1. The summed E-state index contributed by atoms with van der Waals surface area (Å²) in [7, 11) is 0. The van der Waals surface area contributed by atoms with E-state index in [-0.39, 0.29) is 16.4 Å². The summed E-state index contributed by atoms with van der Waals surface area (Å²) in [6, 6.07) is 2.95. The van der Waals surface area contributed by atoms with Gasteiger partial charge < -0.3 is 10.5 Å². The molecule has 1 aromatic carbocycles.